The van der Waals surface area contributed by atoms with Gasteiger partial charge in [-0.1, -0.05) is 42.2 Å². The van der Waals surface area contributed by atoms with E-state index < -0.39 is 0 Å². The van der Waals surface area contributed by atoms with Crippen LogP contribution >= 0.6 is 0 Å². The number of rotatable bonds is 3. The lowest BCUT2D eigenvalue weighted by molar-refractivity contribution is -0.159. The Morgan fingerprint density at radius 3 is 2.42 bits per heavy atom. The van der Waals surface area contributed by atoms with Crippen molar-refractivity contribution in [1.82, 2.24) is 9.80 Å². The fourth-order valence-corrected chi connectivity index (χ4v) is 5.32. The number of aliphatic hydroxyl groups is 1. The number of fused-ring (bicyclic) bond motifs is 2. The van der Waals surface area contributed by atoms with E-state index in [0.29, 0.717) is 23.6 Å². The number of benzene rings is 3. The molecule has 2 amide bonds. The number of ether oxygens (including phenoxy) is 2. The van der Waals surface area contributed by atoms with Gasteiger partial charge in [0.15, 0.2) is 11.5 Å². The molecule has 0 radical (unpaired) electrons. The Bertz CT molecular complexity index is 1380. The van der Waals surface area contributed by atoms with Gasteiger partial charge in [-0.3, -0.25) is 9.59 Å². The average Bonchev–Trinajstić information content (AvgIpc) is 3.37. The fourth-order valence-electron chi connectivity index (χ4n) is 5.32. The molecule has 0 aromatic heterocycles. The Kier molecular flexibility index (Phi) is 5.59. The zero-order valence-electron chi connectivity index (χ0n) is 19.5. The summed E-state index contributed by atoms with van der Waals surface area (Å²) in [4.78, 5) is 29.5. The molecule has 0 unspecified atom stereocenters. The first kappa shape index (κ1) is 22.2. The Morgan fingerprint density at radius 2 is 1.67 bits per heavy atom. The summed E-state index contributed by atoms with van der Waals surface area (Å²) in [6, 6.07) is 22.3. The molecule has 1 N–H and O–H groups in total. The first-order valence-corrected chi connectivity index (χ1v) is 11.9. The molecule has 3 aromatic rings. The van der Waals surface area contributed by atoms with Gasteiger partial charge in [-0.15, -0.1) is 0 Å². The van der Waals surface area contributed by atoms with E-state index in [1.807, 2.05) is 54.6 Å². The number of nitrogens with zero attached hydrogens (tertiary/aromatic N) is 2. The third kappa shape index (κ3) is 3.86. The van der Waals surface area contributed by atoms with Crippen LogP contribution in [-0.4, -0.2) is 65.3 Å². The highest BCUT2D eigenvalue weighted by Gasteiger charge is 2.54. The van der Waals surface area contributed by atoms with Crippen LogP contribution in [0.1, 0.15) is 33.0 Å². The number of piperazine rings is 1. The molecule has 3 heterocycles. The molecule has 7 nitrogen and oxygen atoms in total. The Labute approximate surface area is 208 Å². The smallest absolute Gasteiger partial charge is 0.254 e. The van der Waals surface area contributed by atoms with Crippen LogP contribution in [0.5, 0.6) is 11.5 Å². The summed E-state index contributed by atoms with van der Waals surface area (Å²) in [5.74, 6) is 7.02. The summed E-state index contributed by atoms with van der Waals surface area (Å²) in [5.41, 5.74) is 3.31. The number of aliphatic hydroxyl groups excluding tert-OH is 1. The van der Waals surface area contributed by atoms with Crippen molar-refractivity contribution in [3.63, 3.8) is 0 Å². The van der Waals surface area contributed by atoms with Crippen molar-refractivity contribution in [3.05, 3.63) is 95.1 Å². The Morgan fingerprint density at radius 1 is 0.944 bits per heavy atom. The van der Waals surface area contributed by atoms with E-state index in [4.69, 9.17) is 9.47 Å². The maximum absolute atomic E-state index is 13.2. The van der Waals surface area contributed by atoms with Crippen molar-refractivity contribution in [1.29, 1.82) is 0 Å². The third-order valence-electron chi connectivity index (χ3n) is 7.08. The molecule has 0 saturated carbocycles. The highest BCUT2D eigenvalue weighted by atomic mass is 16.7. The van der Waals surface area contributed by atoms with E-state index in [0.717, 1.165) is 16.7 Å². The maximum atomic E-state index is 13.2. The van der Waals surface area contributed by atoms with Gasteiger partial charge < -0.3 is 24.4 Å². The summed E-state index contributed by atoms with van der Waals surface area (Å²) in [7, 11) is 0. The quantitative estimate of drug-likeness (QED) is 0.583. The van der Waals surface area contributed by atoms with Gasteiger partial charge >= 0.3 is 0 Å². The largest absolute Gasteiger partial charge is 0.454 e. The van der Waals surface area contributed by atoms with Crippen molar-refractivity contribution < 1.29 is 24.2 Å². The van der Waals surface area contributed by atoms with Crippen LogP contribution in [-0.2, 0) is 4.79 Å². The maximum Gasteiger partial charge on any atom is 0.254 e. The van der Waals surface area contributed by atoms with Gasteiger partial charge in [0.1, 0.15) is 6.54 Å². The highest BCUT2D eigenvalue weighted by molar-refractivity contribution is 5.98. The number of hydrogen-bond donors (Lipinski definition) is 1. The fraction of sp³-hybridized carbons (Fsp3) is 0.241. The minimum atomic E-state index is -0.299. The lowest BCUT2D eigenvalue weighted by Gasteiger charge is -2.58. The van der Waals surface area contributed by atoms with E-state index >= 15 is 0 Å². The summed E-state index contributed by atoms with van der Waals surface area (Å²) in [5, 5.41) is 10.1. The van der Waals surface area contributed by atoms with Gasteiger partial charge in [-0.2, -0.15) is 0 Å². The van der Waals surface area contributed by atoms with Gasteiger partial charge in [0.2, 0.25) is 12.7 Å². The lowest BCUT2D eigenvalue weighted by Crippen LogP contribution is -2.73. The van der Waals surface area contributed by atoms with Crippen LogP contribution in [0.15, 0.2) is 72.8 Å². The first-order valence-electron chi connectivity index (χ1n) is 11.9. The minimum Gasteiger partial charge on any atom is -0.454 e. The second kappa shape index (κ2) is 9.06. The molecule has 36 heavy (non-hydrogen) atoms. The van der Waals surface area contributed by atoms with Crippen LogP contribution < -0.4 is 9.47 Å². The molecular weight excluding hydrogens is 456 g/mol. The van der Waals surface area contributed by atoms with Crippen molar-refractivity contribution in [2.45, 2.75) is 18.0 Å². The number of carbonyl (C=O) groups excluding carboxylic acids is 2. The zero-order chi connectivity index (χ0) is 24.6. The first-order chi connectivity index (χ1) is 17.6. The van der Waals surface area contributed by atoms with Crippen LogP contribution in [0, 0.1) is 11.8 Å². The van der Waals surface area contributed by atoms with E-state index in [2.05, 4.69) is 11.8 Å². The normalized spacial score (nSPS) is 21.8. The van der Waals surface area contributed by atoms with Gasteiger partial charge in [0.05, 0.1) is 18.7 Å². The molecule has 6 rings (SSSR count). The summed E-state index contributed by atoms with van der Waals surface area (Å²) in [6.07, 6.45) is 0. The molecule has 3 aliphatic heterocycles. The molecule has 3 atom stereocenters. The molecule has 3 aliphatic rings. The van der Waals surface area contributed by atoms with Crippen LogP contribution in [0.3, 0.4) is 0 Å². The molecule has 0 spiro atoms. The molecule has 3 aromatic carbocycles. The average molecular weight is 481 g/mol. The standard InChI is InChI=1S/C29H24N2O5/c32-17-24-28(21-10-8-20(9-11-21)7-6-19-4-2-1-3-5-19)23-15-30(16-27(33)31(23)24)29(34)22-12-13-25-26(14-22)36-18-35-25/h1-5,8-14,23-24,28,32H,15-18H2/t23-,24+,28-/m1/s1. The molecule has 0 aliphatic carbocycles. The number of carbonyl (C=O) groups is 2. The molecular formula is C29H24N2O5. The Balaban J connectivity index is 1.21. The monoisotopic (exact) mass is 480 g/mol. The van der Waals surface area contributed by atoms with Gasteiger partial charge in [-0.05, 0) is 48.0 Å². The highest BCUT2D eigenvalue weighted by Crippen LogP contribution is 2.43. The minimum absolute atomic E-state index is 0.0129. The van der Waals surface area contributed by atoms with E-state index in [9.17, 15) is 14.7 Å². The van der Waals surface area contributed by atoms with Gasteiger partial charge in [-0.25, -0.2) is 0 Å². The summed E-state index contributed by atoms with van der Waals surface area (Å²) in [6.45, 7) is 0.391. The summed E-state index contributed by atoms with van der Waals surface area (Å²) >= 11 is 0. The van der Waals surface area contributed by atoms with Crippen LogP contribution in [0.2, 0.25) is 0 Å². The van der Waals surface area contributed by atoms with Crippen molar-refractivity contribution >= 4 is 11.8 Å². The lowest BCUT2D eigenvalue weighted by atomic mass is 9.73. The number of amides is 2. The van der Waals surface area contributed by atoms with Crippen molar-refractivity contribution in [2.24, 2.45) is 0 Å². The molecule has 2 fully saturated rings. The molecule has 0 bridgehead atoms. The second-order valence-electron chi connectivity index (χ2n) is 9.14. The molecule has 180 valence electrons. The van der Waals surface area contributed by atoms with Crippen LogP contribution in [0.4, 0.5) is 0 Å². The van der Waals surface area contributed by atoms with E-state index in [-0.39, 0.29) is 49.8 Å². The number of hydrogen-bond acceptors (Lipinski definition) is 5. The van der Waals surface area contributed by atoms with Crippen molar-refractivity contribution in [3.8, 4) is 23.3 Å². The predicted octanol–water partition coefficient (Wildman–Crippen LogP) is 2.63. The molecule has 2 saturated heterocycles. The second-order valence-corrected chi connectivity index (χ2v) is 9.14. The van der Waals surface area contributed by atoms with Gasteiger partial charge in [0, 0.05) is 29.2 Å². The van der Waals surface area contributed by atoms with Crippen LogP contribution in [0.25, 0.3) is 0 Å². The third-order valence-corrected chi connectivity index (χ3v) is 7.08. The van der Waals surface area contributed by atoms with Crippen molar-refractivity contribution in [2.75, 3.05) is 26.5 Å². The SMILES string of the molecule is O=C(c1ccc2c(c1)OCO2)N1CC(=O)N2[C@H](C1)[C@@H](c1ccc(C#Cc3ccccc3)cc1)[C@@H]2CO. The van der Waals surface area contributed by atoms with Gasteiger partial charge in [0.25, 0.3) is 5.91 Å². The zero-order valence-corrected chi connectivity index (χ0v) is 19.5. The van der Waals surface area contributed by atoms with E-state index in [1.165, 1.54) is 0 Å². The van der Waals surface area contributed by atoms with E-state index in [1.54, 1.807) is 28.0 Å². The molecule has 7 heteroatoms. The topological polar surface area (TPSA) is 79.3 Å². The summed E-state index contributed by atoms with van der Waals surface area (Å²) < 4.78 is 10.7. The predicted molar refractivity (Wildman–Crippen MR) is 132 cm³/mol. The Hall–Kier alpha value is -4.28.